The molecule has 0 saturated carbocycles. The van der Waals surface area contributed by atoms with Crippen molar-refractivity contribution in [2.75, 3.05) is 18.1 Å². The van der Waals surface area contributed by atoms with Crippen LogP contribution in [0.1, 0.15) is 13.3 Å². The molecule has 5 nitrogen and oxygen atoms in total. The van der Waals surface area contributed by atoms with Crippen LogP contribution in [-0.4, -0.2) is 44.1 Å². The maximum atomic E-state index is 12.4. The highest BCUT2D eigenvalue weighted by atomic mass is 32.2. The molecule has 0 bridgehead atoms. The van der Waals surface area contributed by atoms with Crippen molar-refractivity contribution >= 4 is 15.7 Å². The number of carbonyl (C=O) groups excluding carboxylic acids is 1. The minimum absolute atomic E-state index is 0.00665. The summed E-state index contributed by atoms with van der Waals surface area (Å²) >= 11 is 0. The van der Waals surface area contributed by atoms with Crippen LogP contribution in [0.3, 0.4) is 0 Å². The van der Waals surface area contributed by atoms with Crippen LogP contribution in [0.4, 0.5) is 13.2 Å². The lowest BCUT2D eigenvalue weighted by atomic mass is 10.0. The third-order valence-corrected chi connectivity index (χ3v) is 4.78. The number of alkyl halides is 3. The van der Waals surface area contributed by atoms with Crippen LogP contribution in [-0.2, 0) is 14.6 Å². The van der Waals surface area contributed by atoms with E-state index in [0.717, 1.165) is 0 Å². The zero-order valence-electron chi connectivity index (χ0n) is 9.75. The second-order valence-electron chi connectivity index (χ2n) is 4.68. The van der Waals surface area contributed by atoms with Crippen molar-refractivity contribution < 1.29 is 26.4 Å². The third-order valence-electron chi connectivity index (χ3n) is 2.94. The van der Waals surface area contributed by atoms with Crippen molar-refractivity contribution in [2.45, 2.75) is 25.1 Å². The third kappa shape index (κ3) is 3.35. The molecule has 2 unspecified atom stereocenters. The Bertz CT molecular complexity index is 431. The van der Waals surface area contributed by atoms with Gasteiger partial charge in [-0.3, -0.25) is 4.79 Å². The molecular formula is C9H15F3N2O3S. The number of hydrogen-bond acceptors (Lipinski definition) is 4. The number of hydrogen-bond donors (Lipinski definition) is 2. The molecule has 1 amide bonds. The number of amides is 1. The first-order chi connectivity index (χ1) is 7.96. The topological polar surface area (TPSA) is 89.3 Å². The standard InChI is InChI=1S/C9H15F3N2O3S/c1-8(13,9(10,11)12)7(15)14-4-6-2-3-18(16,17)5-6/h6H,2-5,13H2,1H3,(H,14,15). The summed E-state index contributed by atoms with van der Waals surface area (Å²) < 4.78 is 59.5. The van der Waals surface area contributed by atoms with Crippen molar-refractivity contribution in [3.63, 3.8) is 0 Å². The molecule has 3 N–H and O–H groups in total. The molecule has 0 spiro atoms. The summed E-state index contributed by atoms with van der Waals surface area (Å²) in [5.74, 6) is -1.80. The largest absolute Gasteiger partial charge is 0.415 e. The molecule has 0 aromatic carbocycles. The zero-order chi connectivity index (χ0) is 14.2. The van der Waals surface area contributed by atoms with E-state index in [1.165, 1.54) is 0 Å². The van der Waals surface area contributed by atoms with E-state index < -0.39 is 27.5 Å². The average Bonchev–Trinajstić information content (AvgIpc) is 2.52. The summed E-state index contributed by atoms with van der Waals surface area (Å²) in [5, 5.41) is 2.06. The lowest BCUT2D eigenvalue weighted by Gasteiger charge is -2.26. The number of sulfone groups is 1. The second kappa shape index (κ2) is 4.69. The fourth-order valence-electron chi connectivity index (χ4n) is 1.58. The average molecular weight is 288 g/mol. The Morgan fingerprint density at radius 2 is 2.00 bits per heavy atom. The molecule has 1 saturated heterocycles. The van der Waals surface area contributed by atoms with Gasteiger partial charge in [0.25, 0.3) is 0 Å². The fraction of sp³-hybridized carbons (Fsp3) is 0.889. The Balaban J connectivity index is 2.53. The molecule has 9 heteroatoms. The Kier molecular flexibility index (Phi) is 3.97. The van der Waals surface area contributed by atoms with Gasteiger partial charge in [0.1, 0.15) is 0 Å². The molecule has 1 heterocycles. The molecule has 0 radical (unpaired) electrons. The Morgan fingerprint density at radius 1 is 1.44 bits per heavy atom. The molecule has 1 rings (SSSR count). The first-order valence-corrected chi connectivity index (χ1v) is 7.12. The van der Waals surface area contributed by atoms with Gasteiger partial charge in [-0.25, -0.2) is 8.42 Å². The van der Waals surface area contributed by atoms with Gasteiger partial charge >= 0.3 is 6.18 Å². The molecule has 1 aliphatic heterocycles. The van der Waals surface area contributed by atoms with Crippen LogP contribution < -0.4 is 11.1 Å². The lowest BCUT2D eigenvalue weighted by Crippen LogP contribution is -2.61. The van der Waals surface area contributed by atoms with Gasteiger partial charge in [0.05, 0.1) is 11.5 Å². The molecule has 2 atom stereocenters. The fourth-order valence-corrected chi connectivity index (χ4v) is 3.44. The highest BCUT2D eigenvalue weighted by molar-refractivity contribution is 7.91. The quantitative estimate of drug-likeness (QED) is 0.753. The van der Waals surface area contributed by atoms with Crippen molar-refractivity contribution in [2.24, 2.45) is 11.7 Å². The van der Waals surface area contributed by atoms with Gasteiger partial charge in [0.15, 0.2) is 15.4 Å². The first kappa shape index (κ1) is 15.2. The molecule has 0 aromatic rings. The van der Waals surface area contributed by atoms with Crippen molar-refractivity contribution in [3.8, 4) is 0 Å². The van der Waals surface area contributed by atoms with Gasteiger partial charge in [-0.05, 0) is 19.3 Å². The van der Waals surface area contributed by atoms with Crippen molar-refractivity contribution in [1.82, 2.24) is 5.32 Å². The number of rotatable bonds is 3. The van der Waals surface area contributed by atoms with Gasteiger partial charge in [0.2, 0.25) is 5.91 Å². The summed E-state index contributed by atoms with van der Waals surface area (Å²) in [6, 6.07) is 0. The summed E-state index contributed by atoms with van der Waals surface area (Å²) in [5.41, 5.74) is 1.95. The lowest BCUT2D eigenvalue weighted by molar-refractivity contribution is -0.187. The Hall–Kier alpha value is -0.830. The predicted octanol–water partition coefficient (Wildman–Crippen LogP) is -0.183. The van der Waals surface area contributed by atoms with Crippen LogP contribution in [0.2, 0.25) is 0 Å². The molecule has 18 heavy (non-hydrogen) atoms. The zero-order valence-corrected chi connectivity index (χ0v) is 10.6. The molecule has 0 aromatic heterocycles. The Labute approximate surface area is 103 Å². The highest BCUT2D eigenvalue weighted by Gasteiger charge is 2.53. The number of nitrogens with one attached hydrogen (secondary N) is 1. The van der Waals surface area contributed by atoms with Crippen molar-refractivity contribution in [1.29, 1.82) is 0 Å². The predicted molar refractivity (Wildman–Crippen MR) is 58.4 cm³/mol. The Morgan fingerprint density at radius 3 is 2.39 bits per heavy atom. The maximum Gasteiger partial charge on any atom is 0.415 e. The van der Waals surface area contributed by atoms with E-state index in [1.807, 2.05) is 0 Å². The molecule has 0 aliphatic carbocycles. The summed E-state index contributed by atoms with van der Waals surface area (Å²) in [6.45, 7) is 0.467. The van der Waals surface area contributed by atoms with Crippen LogP contribution in [0.5, 0.6) is 0 Å². The van der Waals surface area contributed by atoms with E-state index in [1.54, 1.807) is 0 Å². The van der Waals surface area contributed by atoms with E-state index in [2.05, 4.69) is 5.32 Å². The van der Waals surface area contributed by atoms with Crippen LogP contribution in [0.25, 0.3) is 0 Å². The minimum Gasteiger partial charge on any atom is -0.354 e. The van der Waals surface area contributed by atoms with Crippen LogP contribution in [0.15, 0.2) is 0 Å². The monoisotopic (exact) mass is 288 g/mol. The first-order valence-electron chi connectivity index (χ1n) is 5.30. The number of nitrogens with two attached hydrogens (primary N) is 1. The van der Waals surface area contributed by atoms with E-state index in [0.29, 0.717) is 13.3 Å². The second-order valence-corrected chi connectivity index (χ2v) is 6.91. The smallest absolute Gasteiger partial charge is 0.354 e. The summed E-state index contributed by atoms with van der Waals surface area (Å²) in [4.78, 5) is 11.3. The van der Waals surface area contributed by atoms with Gasteiger partial charge < -0.3 is 11.1 Å². The number of carbonyl (C=O) groups is 1. The van der Waals surface area contributed by atoms with Crippen LogP contribution >= 0.6 is 0 Å². The van der Waals surface area contributed by atoms with Gasteiger partial charge in [-0.2, -0.15) is 13.2 Å². The molecular weight excluding hydrogens is 273 g/mol. The molecule has 1 aliphatic rings. The van der Waals surface area contributed by atoms with Gasteiger partial charge in [-0.15, -0.1) is 0 Å². The normalized spacial score (nSPS) is 26.6. The van der Waals surface area contributed by atoms with Crippen LogP contribution in [0, 0.1) is 5.92 Å². The minimum atomic E-state index is -4.85. The maximum absolute atomic E-state index is 12.4. The molecule has 1 fully saturated rings. The van der Waals surface area contributed by atoms with Gasteiger partial charge in [0, 0.05) is 6.54 Å². The highest BCUT2D eigenvalue weighted by Crippen LogP contribution is 2.28. The van der Waals surface area contributed by atoms with E-state index >= 15 is 0 Å². The number of halogens is 3. The van der Waals surface area contributed by atoms with Gasteiger partial charge in [-0.1, -0.05) is 0 Å². The summed E-state index contributed by atoms with van der Waals surface area (Å²) in [7, 11) is -3.11. The van der Waals surface area contributed by atoms with E-state index in [4.69, 9.17) is 5.73 Å². The van der Waals surface area contributed by atoms with E-state index in [-0.39, 0.29) is 24.0 Å². The van der Waals surface area contributed by atoms with E-state index in [9.17, 15) is 26.4 Å². The SMILES string of the molecule is CC(N)(C(=O)NCC1CCS(=O)(=O)C1)C(F)(F)F. The van der Waals surface area contributed by atoms with Crippen molar-refractivity contribution in [3.05, 3.63) is 0 Å². The summed E-state index contributed by atoms with van der Waals surface area (Å²) in [6.07, 6.45) is -4.51. The molecule has 106 valence electrons.